The number of piperidine rings is 1. The van der Waals surface area contributed by atoms with Gasteiger partial charge in [-0.05, 0) is 43.9 Å². The molecule has 1 aromatic rings. The Morgan fingerprint density at radius 2 is 1.85 bits per heavy atom. The minimum absolute atomic E-state index is 0.170. The van der Waals surface area contributed by atoms with Crippen LogP contribution in [-0.2, 0) is 11.2 Å². The first-order valence-electron chi connectivity index (χ1n) is 12.6. The van der Waals surface area contributed by atoms with E-state index in [4.69, 9.17) is 5.73 Å². The lowest BCUT2D eigenvalue weighted by molar-refractivity contribution is -0.125. The average molecular weight is 469 g/mol. The molecule has 2 aliphatic rings. The van der Waals surface area contributed by atoms with Crippen LogP contribution in [0.3, 0.4) is 0 Å². The van der Waals surface area contributed by atoms with E-state index in [1.807, 2.05) is 26.0 Å². The van der Waals surface area contributed by atoms with Crippen molar-refractivity contribution in [2.45, 2.75) is 78.7 Å². The van der Waals surface area contributed by atoms with Gasteiger partial charge < -0.3 is 16.4 Å². The predicted octanol–water partition coefficient (Wildman–Crippen LogP) is 5.12. The van der Waals surface area contributed by atoms with Crippen LogP contribution in [0.15, 0.2) is 49.3 Å². The fraction of sp³-hybridized carbons (Fsp3) is 0.500. The summed E-state index contributed by atoms with van der Waals surface area (Å²) < 4.78 is 0. The molecule has 1 aromatic carbocycles. The third-order valence-electron chi connectivity index (χ3n) is 5.72. The molecule has 2 heterocycles. The predicted molar refractivity (Wildman–Crippen MR) is 143 cm³/mol. The van der Waals surface area contributed by atoms with Gasteiger partial charge in [-0.1, -0.05) is 72.4 Å². The molecule has 1 saturated heterocycles. The molecule has 2 amide bonds. The van der Waals surface area contributed by atoms with Crippen molar-refractivity contribution in [1.29, 1.82) is 0 Å². The first-order chi connectivity index (χ1) is 16.3. The van der Waals surface area contributed by atoms with Crippen LogP contribution in [0.2, 0.25) is 0 Å². The van der Waals surface area contributed by atoms with E-state index in [1.165, 1.54) is 17.7 Å². The van der Waals surface area contributed by atoms with Crippen LogP contribution in [0.1, 0.15) is 87.7 Å². The van der Waals surface area contributed by atoms with Gasteiger partial charge in [-0.15, -0.1) is 0 Å². The Morgan fingerprint density at radius 3 is 2.44 bits per heavy atom. The monoisotopic (exact) mass is 468 g/mol. The molecule has 4 N–H and O–H groups in total. The van der Waals surface area contributed by atoms with Gasteiger partial charge in [0, 0.05) is 41.2 Å². The normalized spacial score (nSPS) is 16.6. The summed E-state index contributed by atoms with van der Waals surface area (Å²) >= 11 is 0. The first kappa shape index (κ1) is 29.2. The van der Waals surface area contributed by atoms with Crippen molar-refractivity contribution in [2.75, 3.05) is 13.1 Å². The molecular weight excluding hydrogens is 424 g/mol. The van der Waals surface area contributed by atoms with Crippen LogP contribution in [-0.4, -0.2) is 35.8 Å². The maximum absolute atomic E-state index is 13.0. The summed E-state index contributed by atoms with van der Waals surface area (Å²) in [5.41, 5.74) is 10.1. The smallest absolute Gasteiger partial charge is 0.259 e. The Balaban J connectivity index is 0.000000872. The van der Waals surface area contributed by atoms with E-state index in [0.717, 1.165) is 36.2 Å². The van der Waals surface area contributed by atoms with Crippen LogP contribution < -0.4 is 16.4 Å². The zero-order valence-corrected chi connectivity index (χ0v) is 21.6. The largest absolute Gasteiger partial charge is 0.389 e. The molecule has 1 atom stereocenters. The Bertz CT molecular complexity index is 873. The lowest BCUT2D eigenvalue weighted by atomic mass is 9.98. The highest BCUT2D eigenvalue weighted by Crippen LogP contribution is 2.38. The fourth-order valence-electron chi connectivity index (χ4n) is 3.80. The number of rotatable bonds is 9. The number of unbranched alkanes of at least 4 members (excludes halogenated alkanes) is 2. The number of nitrogens with two attached hydrogens (primary N) is 1. The van der Waals surface area contributed by atoms with Crippen molar-refractivity contribution in [2.24, 2.45) is 5.73 Å². The molecule has 2 aliphatic heterocycles. The van der Waals surface area contributed by atoms with E-state index in [-0.39, 0.29) is 11.8 Å². The number of nitrogens with zero attached hydrogens (tertiary/aromatic N) is 1. The second-order valence-electron chi connectivity index (χ2n) is 8.31. The minimum Gasteiger partial charge on any atom is -0.389 e. The zero-order valence-electron chi connectivity index (χ0n) is 21.6. The maximum Gasteiger partial charge on any atom is 0.259 e. The molecule has 1 unspecified atom stereocenters. The van der Waals surface area contributed by atoms with E-state index < -0.39 is 6.04 Å². The number of benzene rings is 1. The molecule has 0 spiro atoms. The summed E-state index contributed by atoms with van der Waals surface area (Å²) in [4.78, 5) is 27.0. The molecule has 0 saturated carbocycles. The third kappa shape index (κ3) is 7.59. The van der Waals surface area contributed by atoms with Crippen molar-refractivity contribution in [3.63, 3.8) is 0 Å². The Labute approximate surface area is 206 Å². The van der Waals surface area contributed by atoms with Gasteiger partial charge in [-0.2, -0.15) is 0 Å². The van der Waals surface area contributed by atoms with Gasteiger partial charge in [0.15, 0.2) is 0 Å². The Hall–Kier alpha value is -2.86. The summed E-state index contributed by atoms with van der Waals surface area (Å²) in [5.74, 6) is -0.373. The highest BCUT2D eigenvalue weighted by atomic mass is 16.2. The molecular formula is C28H44N4O2. The maximum atomic E-state index is 13.0. The summed E-state index contributed by atoms with van der Waals surface area (Å²) in [6.45, 7) is 21.9. The van der Waals surface area contributed by atoms with Gasteiger partial charge in [0.25, 0.3) is 5.91 Å². The lowest BCUT2D eigenvalue weighted by Crippen LogP contribution is -2.49. The minimum atomic E-state index is -0.552. The molecule has 0 aromatic heterocycles. The second-order valence-corrected chi connectivity index (χ2v) is 8.31. The lowest BCUT2D eigenvalue weighted by Gasteiger charge is -2.31. The first-order valence-corrected chi connectivity index (χ1v) is 12.6. The fourth-order valence-corrected chi connectivity index (χ4v) is 3.80. The molecule has 34 heavy (non-hydrogen) atoms. The number of carbonyl (C=O) groups excluding carboxylic acids is 2. The van der Waals surface area contributed by atoms with Crippen molar-refractivity contribution >= 4 is 17.5 Å². The van der Waals surface area contributed by atoms with Crippen LogP contribution in [0.4, 0.5) is 0 Å². The molecule has 3 rings (SSSR count). The van der Waals surface area contributed by atoms with Crippen molar-refractivity contribution < 1.29 is 9.59 Å². The zero-order chi connectivity index (χ0) is 25.7. The molecule has 6 nitrogen and oxygen atoms in total. The number of carbonyl (C=O) groups is 2. The van der Waals surface area contributed by atoms with Gasteiger partial charge in [0.05, 0.1) is 0 Å². The second kappa shape index (κ2) is 15.1. The van der Waals surface area contributed by atoms with Gasteiger partial charge in [-0.25, -0.2) is 0 Å². The van der Waals surface area contributed by atoms with Crippen LogP contribution in [0, 0.1) is 0 Å². The van der Waals surface area contributed by atoms with Crippen molar-refractivity contribution in [3.05, 3.63) is 66.0 Å². The summed E-state index contributed by atoms with van der Waals surface area (Å²) in [5, 5.41) is 6.07. The third-order valence-corrected chi connectivity index (χ3v) is 5.72. The van der Waals surface area contributed by atoms with E-state index in [9.17, 15) is 9.59 Å². The van der Waals surface area contributed by atoms with E-state index in [2.05, 4.69) is 44.2 Å². The number of hydrogen-bond donors (Lipinski definition) is 3. The molecule has 1 fully saturated rings. The quantitative estimate of drug-likeness (QED) is 0.439. The Morgan fingerprint density at radius 1 is 1.18 bits per heavy atom. The van der Waals surface area contributed by atoms with Crippen LogP contribution in [0.5, 0.6) is 0 Å². The summed E-state index contributed by atoms with van der Waals surface area (Å²) in [7, 11) is 0. The number of amides is 2. The number of hydrogen-bond acceptors (Lipinski definition) is 4. The van der Waals surface area contributed by atoms with Crippen LogP contribution in [0.25, 0.3) is 5.70 Å². The van der Waals surface area contributed by atoms with Crippen molar-refractivity contribution in [1.82, 2.24) is 15.5 Å². The topological polar surface area (TPSA) is 87.5 Å². The van der Waals surface area contributed by atoms with Gasteiger partial charge in [0.2, 0.25) is 5.91 Å². The summed E-state index contributed by atoms with van der Waals surface area (Å²) in [6.07, 6.45) is 6.40. The van der Waals surface area contributed by atoms with Crippen LogP contribution >= 0.6 is 0 Å². The number of fused-ring (bicyclic) bond motifs is 1. The van der Waals surface area contributed by atoms with Gasteiger partial charge in [-0.3, -0.25) is 14.5 Å². The van der Waals surface area contributed by atoms with E-state index in [1.54, 1.807) is 6.07 Å². The average Bonchev–Trinajstić information content (AvgIpc) is 3.09. The SMILES string of the molecule is C=C(Cc1cccc2c1C(=C)N(C1CCC(=C)NC1=O)C2=O)NCCCCN.CC.CCCC. The molecule has 6 heteroatoms. The Kier molecular flexibility index (Phi) is 13.0. The summed E-state index contributed by atoms with van der Waals surface area (Å²) in [6, 6.07) is 5.09. The van der Waals surface area contributed by atoms with Gasteiger partial charge >= 0.3 is 0 Å². The molecule has 0 bridgehead atoms. The standard InChI is InChI=1S/C22H28N4O2.C4H10.C2H6/c1-14-9-10-19(21(27)25-14)26-16(3)20-17(7-6-8-18(20)22(26)28)13-15(2)24-12-5-4-11-23;1-3-4-2;1-2/h6-8,19,24H,1-5,9-13,23H2,(H,25,27);3-4H2,1-2H3;1-2H3. The number of nitrogens with one attached hydrogen (secondary N) is 2. The highest BCUT2D eigenvalue weighted by Gasteiger charge is 2.41. The van der Waals surface area contributed by atoms with Crippen molar-refractivity contribution in [3.8, 4) is 0 Å². The molecule has 0 aliphatic carbocycles. The highest BCUT2D eigenvalue weighted by molar-refractivity contribution is 6.11. The molecule has 0 radical (unpaired) electrons. The van der Waals surface area contributed by atoms with E-state index in [0.29, 0.717) is 42.8 Å². The number of allylic oxidation sites excluding steroid dienone is 2. The van der Waals surface area contributed by atoms with E-state index >= 15 is 0 Å². The van der Waals surface area contributed by atoms with Gasteiger partial charge in [0.1, 0.15) is 6.04 Å². The molecule has 188 valence electrons.